The van der Waals surface area contributed by atoms with Crippen LogP contribution in [0.1, 0.15) is 27.7 Å². The molecule has 1 heterocycles. The number of ether oxygens (including phenoxy) is 1. The van der Waals surface area contributed by atoms with Gasteiger partial charge in [-0.2, -0.15) is 0 Å². The number of likely N-dealkylation sites (N-methyl/N-ethyl adjacent to an activating group) is 1. The predicted octanol–water partition coefficient (Wildman–Crippen LogP) is -0.0371. The molecule has 3 N–H and O–H groups in total. The average Bonchev–Trinajstić information content (AvgIpc) is 2.45. The standard InChI is InChI=1S/C15H26N4O4/c1-5-19(9-13(20)17-10(3)4)8-12-11(14(21)23-6-2)7-16-15(22)18-12/h10H,5-9H2,1-4H3,(H,17,20)(H2,16,18,22). The quantitative estimate of drug-likeness (QED) is 0.544. The first-order valence-corrected chi connectivity index (χ1v) is 7.83. The van der Waals surface area contributed by atoms with Crippen LogP contribution >= 0.6 is 0 Å². The lowest BCUT2D eigenvalue weighted by atomic mass is 10.1. The molecule has 0 atom stereocenters. The van der Waals surface area contributed by atoms with Crippen LogP contribution in [0.3, 0.4) is 0 Å². The van der Waals surface area contributed by atoms with Gasteiger partial charge in [0.25, 0.3) is 0 Å². The van der Waals surface area contributed by atoms with E-state index < -0.39 is 5.97 Å². The van der Waals surface area contributed by atoms with E-state index in [4.69, 9.17) is 4.74 Å². The monoisotopic (exact) mass is 326 g/mol. The molecule has 0 aliphatic carbocycles. The third-order valence-corrected chi connectivity index (χ3v) is 3.22. The van der Waals surface area contributed by atoms with E-state index in [0.717, 1.165) is 0 Å². The van der Waals surface area contributed by atoms with Crippen molar-refractivity contribution >= 4 is 17.9 Å². The molecule has 3 amide bonds. The van der Waals surface area contributed by atoms with Crippen LogP contribution in [0.5, 0.6) is 0 Å². The summed E-state index contributed by atoms with van der Waals surface area (Å²) in [5.74, 6) is -0.557. The minimum Gasteiger partial charge on any atom is -0.463 e. The molecule has 0 bridgehead atoms. The number of amides is 3. The van der Waals surface area contributed by atoms with E-state index in [-0.39, 0.29) is 37.7 Å². The molecule has 0 aromatic rings. The lowest BCUT2D eigenvalue weighted by Gasteiger charge is -2.26. The second-order valence-electron chi connectivity index (χ2n) is 5.51. The summed E-state index contributed by atoms with van der Waals surface area (Å²) < 4.78 is 5.01. The number of nitrogens with zero attached hydrogens (tertiary/aromatic N) is 1. The Bertz CT molecular complexity index is 488. The first-order valence-electron chi connectivity index (χ1n) is 7.83. The first kappa shape index (κ1) is 19.0. The molecule has 8 heteroatoms. The molecule has 0 aromatic heterocycles. The molecule has 8 nitrogen and oxygen atoms in total. The fraction of sp³-hybridized carbons (Fsp3) is 0.667. The zero-order valence-electron chi connectivity index (χ0n) is 14.2. The number of urea groups is 1. The molecule has 0 unspecified atom stereocenters. The summed E-state index contributed by atoms with van der Waals surface area (Å²) in [7, 11) is 0. The molecule has 130 valence electrons. The van der Waals surface area contributed by atoms with E-state index in [1.807, 2.05) is 25.7 Å². The van der Waals surface area contributed by atoms with Crippen molar-refractivity contribution in [3.8, 4) is 0 Å². The van der Waals surface area contributed by atoms with E-state index in [0.29, 0.717) is 24.4 Å². The third-order valence-electron chi connectivity index (χ3n) is 3.22. The molecule has 0 spiro atoms. The summed E-state index contributed by atoms with van der Waals surface area (Å²) >= 11 is 0. The molecule has 0 aromatic carbocycles. The maximum absolute atomic E-state index is 12.0. The molecule has 1 aliphatic rings. The Morgan fingerprint density at radius 2 is 2.04 bits per heavy atom. The molecule has 0 saturated heterocycles. The average molecular weight is 326 g/mol. The summed E-state index contributed by atoms with van der Waals surface area (Å²) in [5.41, 5.74) is 0.862. The number of hydrogen-bond acceptors (Lipinski definition) is 5. The van der Waals surface area contributed by atoms with Gasteiger partial charge >= 0.3 is 12.0 Å². The number of rotatable bonds is 8. The molecular formula is C15H26N4O4. The number of hydrogen-bond donors (Lipinski definition) is 3. The minimum atomic E-state index is -0.460. The van der Waals surface area contributed by atoms with Crippen molar-refractivity contribution in [3.05, 3.63) is 11.3 Å². The molecule has 0 saturated carbocycles. The van der Waals surface area contributed by atoms with Gasteiger partial charge < -0.3 is 20.7 Å². The lowest BCUT2D eigenvalue weighted by molar-refractivity contribution is -0.138. The van der Waals surface area contributed by atoms with Crippen molar-refractivity contribution in [2.45, 2.75) is 33.7 Å². The minimum absolute atomic E-state index is 0.0640. The van der Waals surface area contributed by atoms with Crippen LogP contribution < -0.4 is 16.0 Å². The van der Waals surface area contributed by atoms with Crippen LogP contribution in [-0.2, 0) is 14.3 Å². The van der Waals surface area contributed by atoms with Gasteiger partial charge in [-0.25, -0.2) is 9.59 Å². The van der Waals surface area contributed by atoms with Crippen LogP contribution in [0.15, 0.2) is 11.3 Å². The highest BCUT2D eigenvalue weighted by Crippen LogP contribution is 2.10. The van der Waals surface area contributed by atoms with Gasteiger partial charge in [0.1, 0.15) is 0 Å². The van der Waals surface area contributed by atoms with E-state index >= 15 is 0 Å². The second-order valence-corrected chi connectivity index (χ2v) is 5.51. The van der Waals surface area contributed by atoms with Crippen LogP contribution in [0, 0.1) is 0 Å². The summed E-state index contributed by atoms with van der Waals surface area (Å²) in [5, 5.41) is 8.01. The number of nitrogens with one attached hydrogen (secondary N) is 3. The number of carbonyl (C=O) groups excluding carboxylic acids is 3. The largest absolute Gasteiger partial charge is 0.463 e. The maximum atomic E-state index is 12.0. The highest BCUT2D eigenvalue weighted by molar-refractivity contribution is 5.93. The van der Waals surface area contributed by atoms with E-state index in [2.05, 4.69) is 16.0 Å². The second kappa shape index (κ2) is 9.14. The molecule has 0 fully saturated rings. The Hall–Kier alpha value is -2.09. The lowest BCUT2D eigenvalue weighted by Crippen LogP contribution is -2.48. The van der Waals surface area contributed by atoms with Crippen LogP contribution in [0.4, 0.5) is 4.79 Å². The van der Waals surface area contributed by atoms with E-state index in [1.54, 1.807) is 6.92 Å². The molecule has 23 heavy (non-hydrogen) atoms. The molecule has 0 radical (unpaired) electrons. The third kappa shape index (κ3) is 6.27. The number of esters is 1. The van der Waals surface area contributed by atoms with Gasteiger partial charge in [-0.15, -0.1) is 0 Å². The summed E-state index contributed by atoms with van der Waals surface area (Å²) in [6.07, 6.45) is 0. The Kier molecular flexibility index (Phi) is 7.53. The van der Waals surface area contributed by atoms with Gasteiger partial charge in [0, 0.05) is 18.3 Å². The molecule has 1 rings (SSSR count). The van der Waals surface area contributed by atoms with Crippen molar-refractivity contribution in [2.24, 2.45) is 0 Å². The van der Waals surface area contributed by atoms with Gasteiger partial charge in [-0.3, -0.25) is 9.69 Å². The van der Waals surface area contributed by atoms with Gasteiger partial charge in [0.05, 0.1) is 25.3 Å². The van der Waals surface area contributed by atoms with Crippen molar-refractivity contribution in [1.82, 2.24) is 20.9 Å². The molecular weight excluding hydrogens is 300 g/mol. The Labute approximate surface area is 136 Å². The predicted molar refractivity (Wildman–Crippen MR) is 85.6 cm³/mol. The number of carbonyl (C=O) groups is 3. The normalized spacial score (nSPS) is 14.6. The summed E-state index contributed by atoms with van der Waals surface area (Å²) in [4.78, 5) is 37.2. The van der Waals surface area contributed by atoms with Crippen molar-refractivity contribution < 1.29 is 19.1 Å². The van der Waals surface area contributed by atoms with Crippen LogP contribution in [-0.4, -0.2) is 61.6 Å². The zero-order chi connectivity index (χ0) is 17.4. The Morgan fingerprint density at radius 1 is 1.35 bits per heavy atom. The summed E-state index contributed by atoms with van der Waals surface area (Å²) in [6, 6.07) is -0.301. The topological polar surface area (TPSA) is 99.8 Å². The van der Waals surface area contributed by atoms with Crippen molar-refractivity contribution in [3.63, 3.8) is 0 Å². The van der Waals surface area contributed by atoms with E-state index in [9.17, 15) is 14.4 Å². The Balaban J connectivity index is 2.82. The highest BCUT2D eigenvalue weighted by Gasteiger charge is 2.25. The van der Waals surface area contributed by atoms with E-state index in [1.165, 1.54) is 0 Å². The SMILES string of the molecule is CCOC(=O)C1=C(CN(CC)CC(=O)NC(C)C)NC(=O)NC1. The fourth-order valence-electron chi connectivity index (χ4n) is 2.15. The fourth-order valence-corrected chi connectivity index (χ4v) is 2.15. The van der Waals surface area contributed by atoms with Crippen molar-refractivity contribution in [1.29, 1.82) is 0 Å². The summed E-state index contributed by atoms with van der Waals surface area (Å²) in [6.45, 7) is 8.89. The smallest absolute Gasteiger partial charge is 0.337 e. The Morgan fingerprint density at radius 3 is 2.61 bits per heavy atom. The van der Waals surface area contributed by atoms with Gasteiger partial charge in [0.2, 0.25) is 5.91 Å². The van der Waals surface area contributed by atoms with Gasteiger partial charge in [-0.05, 0) is 27.3 Å². The van der Waals surface area contributed by atoms with Gasteiger partial charge in [-0.1, -0.05) is 6.92 Å². The van der Waals surface area contributed by atoms with Crippen LogP contribution in [0.25, 0.3) is 0 Å². The maximum Gasteiger partial charge on any atom is 0.337 e. The van der Waals surface area contributed by atoms with Crippen molar-refractivity contribution in [2.75, 3.05) is 32.8 Å². The first-order chi connectivity index (χ1) is 10.9. The van der Waals surface area contributed by atoms with Gasteiger partial charge in [0.15, 0.2) is 0 Å². The molecule has 1 aliphatic heterocycles. The zero-order valence-corrected chi connectivity index (χ0v) is 14.2. The highest BCUT2D eigenvalue weighted by atomic mass is 16.5. The van der Waals surface area contributed by atoms with Crippen LogP contribution in [0.2, 0.25) is 0 Å².